The number of hydrogen-bond donors (Lipinski definition) is 0. The Morgan fingerprint density at radius 1 is 1.26 bits per heavy atom. The minimum Gasteiger partial charge on any atom is -0.497 e. The maximum atomic E-state index is 12.5. The molecule has 1 amide bonds. The van der Waals surface area contributed by atoms with E-state index in [0.29, 0.717) is 11.8 Å². The molecule has 0 aromatic heterocycles. The van der Waals surface area contributed by atoms with E-state index >= 15 is 0 Å². The zero-order chi connectivity index (χ0) is 13.2. The highest BCUT2D eigenvalue weighted by molar-refractivity contribution is 5.80. The maximum Gasteiger partial charge on any atom is 0.226 e. The van der Waals surface area contributed by atoms with Crippen LogP contribution in [0.1, 0.15) is 43.7 Å². The van der Waals surface area contributed by atoms with E-state index in [0.717, 1.165) is 38.0 Å². The molecule has 1 heterocycles. The van der Waals surface area contributed by atoms with Crippen molar-refractivity contribution in [2.75, 3.05) is 13.7 Å². The number of likely N-dealkylation sites (tertiary alicyclic amines) is 1. The lowest BCUT2D eigenvalue weighted by Crippen LogP contribution is -2.38. The third kappa shape index (κ3) is 2.34. The average molecular weight is 259 g/mol. The summed E-state index contributed by atoms with van der Waals surface area (Å²) in [6.07, 6.45) is 5.57. The van der Waals surface area contributed by atoms with Crippen LogP contribution in [0.4, 0.5) is 0 Å². The molecule has 0 N–H and O–H groups in total. The van der Waals surface area contributed by atoms with Gasteiger partial charge in [-0.2, -0.15) is 0 Å². The highest BCUT2D eigenvalue weighted by atomic mass is 16.5. The molecule has 1 unspecified atom stereocenters. The molecule has 2 aliphatic rings. The van der Waals surface area contributed by atoms with Gasteiger partial charge >= 0.3 is 0 Å². The summed E-state index contributed by atoms with van der Waals surface area (Å²) in [6, 6.07) is 8.40. The molecular weight excluding hydrogens is 238 g/mol. The van der Waals surface area contributed by atoms with Gasteiger partial charge in [-0.05, 0) is 43.4 Å². The molecule has 0 bridgehead atoms. The highest BCUT2D eigenvalue weighted by Gasteiger charge is 2.36. The second kappa shape index (κ2) is 5.24. The van der Waals surface area contributed by atoms with Gasteiger partial charge in [0.2, 0.25) is 5.91 Å². The van der Waals surface area contributed by atoms with Gasteiger partial charge in [-0.3, -0.25) is 4.79 Å². The smallest absolute Gasteiger partial charge is 0.226 e. The molecule has 19 heavy (non-hydrogen) atoms. The van der Waals surface area contributed by atoms with Crippen LogP contribution < -0.4 is 4.74 Å². The van der Waals surface area contributed by atoms with Gasteiger partial charge in [-0.25, -0.2) is 0 Å². The lowest BCUT2D eigenvalue weighted by Gasteiger charge is -2.33. The van der Waals surface area contributed by atoms with Crippen LogP contribution in [-0.4, -0.2) is 24.5 Å². The first-order chi connectivity index (χ1) is 9.29. The van der Waals surface area contributed by atoms with Gasteiger partial charge in [0.15, 0.2) is 0 Å². The summed E-state index contributed by atoms with van der Waals surface area (Å²) in [5.41, 5.74) is 1.21. The van der Waals surface area contributed by atoms with E-state index in [-0.39, 0.29) is 6.04 Å². The highest BCUT2D eigenvalue weighted by Crippen LogP contribution is 2.37. The van der Waals surface area contributed by atoms with Crippen LogP contribution in [0.5, 0.6) is 5.75 Å². The summed E-state index contributed by atoms with van der Waals surface area (Å²) < 4.78 is 5.29. The van der Waals surface area contributed by atoms with Gasteiger partial charge in [-0.1, -0.05) is 18.6 Å². The number of benzene rings is 1. The fourth-order valence-electron chi connectivity index (χ4n) is 3.12. The second-order valence-electron chi connectivity index (χ2n) is 5.59. The molecule has 1 saturated heterocycles. The summed E-state index contributed by atoms with van der Waals surface area (Å²) in [7, 11) is 1.69. The van der Waals surface area contributed by atoms with Gasteiger partial charge < -0.3 is 9.64 Å². The van der Waals surface area contributed by atoms with E-state index in [9.17, 15) is 4.79 Å². The number of rotatable bonds is 3. The lowest BCUT2D eigenvalue weighted by molar-refractivity contribution is -0.139. The first kappa shape index (κ1) is 12.5. The van der Waals surface area contributed by atoms with Crippen LogP contribution in [0.25, 0.3) is 0 Å². The normalized spacial score (nSPS) is 23.2. The van der Waals surface area contributed by atoms with Gasteiger partial charge in [0, 0.05) is 12.5 Å². The Morgan fingerprint density at radius 2 is 2.11 bits per heavy atom. The number of amides is 1. The number of ether oxygens (including phenoxy) is 1. The molecule has 0 spiro atoms. The summed E-state index contributed by atoms with van der Waals surface area (Å²) in [5, 5.41) is 0. The molecule has 102 valence electrons. The molecule has 1 aromatic carbocycles. The van der Waals surface area contributed by atoms with Crippen molar-refractivity contribution in [3.8, 4) is 5.75 Å². The molecule has 3 rings (SSSR count). The molecule has 3 heteroatoms. The number of carbonyl (C=O) groups is 1. The number of methoxy groups -OCH3 is 1. The quantitative estimate of drug-likeness (QED) is 0.834. The molecule has 0 radical (unpaired) electrons. The van der Waals surface area contributed by atoms with Crippen molar-refractivity contribution in [3.63, 3.8) is 0 Å². The van der Waals surface area contributed by atoms with Crippen LogP contribution in [0.2, 0.25) is 0 Å². The van der Waals surface area contributed by atoms with Gasteiger partial charge in [0.25, 0.3) is 0 Å². The van der Waals surface area contributed by atoms with Crippen molar-refractivity contribution in [2.24, 2.45) is 5.92 Å². The fourth-order valence-corrected chi connectivity index (χ4v) is 3.12. The maximum absolute atomic E-state index is 12.5. The minimum atomic E-state index is 0.253. The predicted octanol–water partition coefficient (Wildman–Crippen LogP) is 3.16. The van der Waals surface area contributed by atoms with Crippen molar-refractivity contribution in [2.45, 2.75) is 38.1 Å². The molecule has 1 aromatic rings. The molecule has 1 saturated carbocycles. The zero-order valence-electron chi connectivity index (χ0n) is 11.5. The summed E-state index contributed by atoms with van der Waals surface area (Å²) in [4.78, 5) is 14.6. The van der Waals surface area contributed by atoms with E-state index < -0.39 is 0 Å². The topological polar surface area (TPSA) is 29.5 Å². The average Bonchev–Trinajstić information content (AvgIpc) is 2.86. The Labute approximate surface area is 114 Å². The minimum absolute atomic E-state index is 0.253. The Kier molecular flexibility index (Phi) is 3.45. The van der Waals surface area contributed by atoms with Crippen molar-refractivity contribution in [1.29, 1.82) is 0 Å². The summed E-state index contributed by atoms with van der Waals surface area (Å²) >= 11 is 0. The van der Waals surface area contributed by atoms with Crippen molar-refractivity contribution in [1.82, 2.24) is 4.90 Å². The monoisotopic (exact) mass is 259 g/mol. The molecule has 3 nitrogen and oxygen atoms in total. The predicted molar refractivity (Wildman–Crippen MR) is 74.0 cm³/mol. The van der Waals surface area contributed by atoms with Crippen molar-refractivity contribution in [3.05, 3.63) is 29.8 Å². The van der Waals surface area contributed by atoms with Crippen molar-refractivity contribution >= 4 is 5.91 Å². The fraction of sp³-hybridized carbons (Fsp3) is 0.562. The van der Waals surface area contributed by atoms with Crippen LogP contribution in [-0.2, 0) is 4.79 Å². The molecule has 1 aliphatic heterocycles. The Balaban J connectivity index is 1.79. The third-order valence-electron chi connectivity index (χ3n) is 4.47. The number of nitrogens with zero attached hydrogens (tertiary/aromatic N) is 1. The van der Waals surface area contributed by atoms with Crippen LogP contribution in [0, 0.1) is 5.92 Å². The van der Waals surface area contributed by atoms with E-state index in [1.807, 2.05) is 12.1 Å². The van der Waals surface area contributed by atoms with E-state index in [1.165, 1.54) is 12.0 Å². The van der Waals surface area contributed by atoms with Crippen molar-refractivity contribution < 1.29 is 9.53 Å². The Hall–Kier alpha value is -1.51. The molecular formula is C16H21NO2. The van der Waals surface area contributed by atoms with E-state index in [2.05, 4.69) is 17.0 Å². The first-order valence-corrected chi connectivity index (χ1v) is 7.24. The number of carbonyl (C=O) groups excluding carboxylic acids is 1. The van der Waals surface area contributed by atoms with E-state index in [4.69, 9.17) is 4.74 Å². The third-order valence-corrected chi connectivity index (χ3v) is 4.47. The van der Waals surface area contributed by atoms with Crippen LogP contribution in [0.3, 0.4) is 0 Å². The van der Waals surface area contributed by atoms with Crippen LogP contribution >= 0.6 is 0 Å². The number of hydrogen-bond acceptors (Lipinski definition) is 2. The second-order valence-corrected chi connectivity index (χ2v) is 5.59. The molecule has 2 fully saturated rings. The van der Waals surface area contributed by atoms with Gasteiger partial charge in [-0.15, -0.1) is 0 Å². The first-order valence-electron chi connectivity index (χ1n) is 7.24. The standard InChI is InChI=1S/C16H21NO2/c1-19-14-8-3-7-13(11-14)15-9-4-10-17(15)16(18)12-5-2-6-12/h3,7-8,11-12,15H,2,4-6,9-10H2,1H3. The van der Waals surface area contributed by atoms with Crippen LogP contribution in [0.15, 0.2) is 24.3 Å². The van der Waals surface area contributed by atoms with Gasteiger partial charge in [0.1, 0.15) is 5.75 Å². The summed E-state index contributed by atoms with van der Waals surface area (Å²) in [5.74, 6) is 1.54. The molecule has 1 atom stereocenters. The molecule has 1 aliphatic carbocycles. The van der Waals surface area contributed by atoms with Gasteiger partial charge in [0.05, 0.1) is 13.2 Å². The Bertz CT molecular complexity index is 468. The summed E-state index contributed by atoms with van der Waals surface area (Å²) in [6.45, 7) is 0.914. The Morgan fingerprint density at radius 3 is 2.79 bits per heavy atom. The largest absolute Gasteiger partial charge is 0.497 e. The SMILES string of the molecule is COc1cccc(C2CCCN2C(=O)C2CCC2)c1. The zero-order valence-corrected chi connectivity index (χ0v) is 11.5. The van der Waals surface area contributed by atoms with E-state index in [1.54, 1.807) is 7.11 Å². The lowest BCUT2D eigenvalue weighted by atomic mass is 9.84.